The maximum atomic E-state index is 11.9. The van der Waals surface area contributed by atoms with Gasteiger partial charge in [0.25, 0.3) is 10.0 Å². The van der Waals surface area contributed by atoms with Crippen molar-refractivity contribution in [2.75, 3.05) is 13.2 Å². The minimum atomic E-state index is -3.55. The van der Waals surface area contributed by atoms with E-state index in [1.807, 2.05) is 20.8 Å². The van der Waals surface area contributed by atoms with Gasteiger partial charge in [-0.15, -0.1) is 0 Å². The van der Waals surface area contributed by atoms with E-state index in [0.717, 1.165) is 0 Å². The summed E-state index contributed by atoms with van der Waals surface area (Å²) in [5, 5.41) is 8.79. The second-order valence-corrected chi connectivity index (χ2v) is 6.44. The zero-order valence-electron chi connectivity index (χ0n) is 11.0. The number of nitrogens with one attached hydrogen (secondary N) is 1. The number of aliphatic hydroxyl groups is 1. The summed E-state index contributed by atoms with van der Waals surface area (Å²) in [4.78, 5) is 3.90. The number of imidazole rings is 1. The molecule has 0 aromatic carbocycles. The zero-order valence-corrected chi connectivity index (χ0v) is 11.8. The Morgan fingerprint density at radius 1 is 1.44 bits per heavy atom. The highest BCUT2D eigenvalue weighted by Crippen LogP contribution is 2.10. The summed E-state index contributed by atoms with van der Waals surface area (Å²) < 4.78 is 28.1. The van der Waals surface area contributed by atoms with Crippen LogP contribution < -0.4 is 4.72 Å². The normalized spacial score (nSPS) is 14.1. The molecule has 0 saturated carbocycles. The molecule has 7 heteroatoms. The van der Waals surface area contributed by atoms with Gasteiger partial charge in [-0.2, -0.15) is 0 Å². The molecule has 0 aliphatic heterocycles. The first-order valence-corrected chi connectivity index (χ1v) is 7.49. The van der Waals surface area contributed by atoms with Crippen LogP contribution in [0.3, 0.4) is 0 Å². The third kappa shape index (κ3) is 4.08. The Hall–Kier alpha value is -0.920. The minimum Gasteiger partial charge on any atom is -0.396 e. The molecular weight excluding hydrogens is 254 g/mol. The van der Waals surface area contributed by atoms with Crippen molar-refractivity contribution in [3.05, 3.63) is 12.5 Å². The van der Waals surface area contributed by atoms with E-state index in [2.05, 4.69) is 9.71 Å². The van der Waals surface area contributed by atoms with Gasteiger partial charge in [0.1, 0.15) is 0 Å². The van der Waals surface area contributed by atoms with Crippen LogP contribution in [0.4, 0.5) is 0 Å². The second-order valence-electron chi connectivity index (χ2n) is 4.72. The van der Waals surface area contributed by atoms with Gasteiger partial charge in [-0.1, -0.05) is 6.92 Å². The zero-order chi connectivity index (χ0) is 13.8. The molecule has 1 aromatic rings. The Morgan fingerprint density at radius 3 is 2.61 bits per heavy atom. The van der Waals surface area contributed by atoms with Crippen molar-refractivity contribution in [2.24, 2.45) is 5.92 Å². The van der Waals surface area contributed by atoms with Crippen LogP contribution in [0.15, 0.2) is 17.6 Å². The molecule has 0 bridgehead atoms. The maximum Gasteiger partial charge on any atom is 0.259 e. The highest BCUT2D eigenvalue weighted by Gasteiger charge is 2.18. The number of hydrogen-bond donors (Lipinski definition) is 2. The van der Waals surface area contributed by atoms with E-state index in [0.29, 0.717) is 13.0 Å². The van der Waals surface area contributed by atoms with Gasteiger partial charge in [0.05, 0.1) is 6.33 Å². The quantitative estimate of drug-likeness (QED) is 0.769. The summed E-state index contributed by atoms with van der Waals surface area (Å²) >= 11 is 0. The molecule has 6 nitrogen and oxygen atoms in total. The van der Waals surface area contributed by atoms with Crippen LogP contribution in [0, 0.1) is 5.92 Å². The van der Waals surface area contributed by atoms with E-state index >= 15 is 0 Å². The highest BCUT2D eigenvalue weighted by atomic mass is 32.2. The maximum absolute atomic E-state index is 11.9. The highest BCUT2D eigenvalue weighted by molar-refractivity contribution is 7.89. The van der Waals surface area contributed by atoms with Gasteiger partial charge in [0, 0.05) is 25.4 Å². The Balaban J connectivity index is 2.68. The number of rotatable bonds is 7. The standard InChI is InChI=1S/C11H21N3O3S/c1-9(2)14-7-11(12-8-14)18(16,17)13-6-10(3)4-5-15/h7-10,13,15H,4-6H2,1-3H3. The largest absolute Gasteiger partial charge is 0.396 e. The van der Waals surface area contributed by atoms with Gasteiger partial charge in [-0.3, -0.25) is 0 Å². The van der Waals surface area contributed by atoms with Crippen molar-refractivity contribution >= 4 is 10.0 Å². The lowest BCUT2D eigenvalue weighted by Crippen LogP contribution is -2.29. The van der Waals surface area contributed by atoms with Crippen LogP contribution in [0.25, 0.3) is 0 Å². The SMILES string of the molecule is CC(CCO)CNS(=O)(=O)c1cn(C(C)C)cn1. The molecule has 1 aromatic heterocycles. The smallest absolute Gasteiger partial charge is 0.259 e. The molecule has 0 radical (unpaired) electrons. The van der Waals surface area contributed by atoms with Crippen molar-refractivity contribution in [2.45, 2.75) is 38.3 Å². The first-order chi connectivity index (χ1) is 8.36. The molecule has 1 unspecified atom stereocenters. The molecule has 1 heterocycles. The Morgan fingerprint density at radius 2 is 2.11 bits per heavy atom. The van der Waals surface area contributed by atoms with E-state index in [9.17, 15) is 8.42 Å². The predicted molar refractivity (Wildman–Crippen MR) is 68.7 cm³/mol. The molecule has 2 N–H and O–H groups in total. The van der Waals surface area contributed by atoms with Crippen LogP contribution in [0.2, 0.25) is 0 Å². The lowest BCUT2D eigenvalue weighted by molar-refractivity contribution is 0.263. The summed E-state index contributed by atoms with van der Waals surface area (Å²) in [5.41, 5.74) is 0. The van der Waals surface area contributed by atoms with Gasteiger partial charge in [0.15, 0.2) is 5.03 Å². The third-order valence-electron chi connectivity index (χ3n) is 2.69. The van der Waals surface area contributed by atoms with E-state index in [1.165, 1.54) is 12.5 Å². The lowest BCUT2D eigenvalue weighted by atomic mass is 10.1. The number of aliphatic hydroxyl groups excluding tert-OH is 1. The number of sulfonamides is 1. The summed E-state index contributed by atoms with van der Waals surface area (Å²) in [6, 6.07) is 0.176. The van der Waals surface area contributed by atoms with Crippen LogP contribution >= 0.6 is 0 Å². The van der Waals surface area contributed by atoms with Gasteiger partial charge in [0.2, 0.25) is 0 Å². The predicted octanol–water partition coefficient (Wildman–Crippen LogP) is 0.761. The van der Waals surface area contributed by atoms with Crippen LogP contribution in [-0.4, -0.2) is 36.2 Å². The van der Waals surface area contributed by atoms with Gasteiger partial charge in [-0.25, -0.2) is 18.1 Å². The second kappa shape index (κ2) is 6.31. The topological polar surface area (TPSA) is 84.2 Å². The minimum absolute atomic E-state index is 0.0346. The van der Waals surface area contributed by atoms with E-state index in [4.69, 9.17) is 5.11 Å². The fraction of sp³-hybridized carbons (Fsp3) is 0.727. The van der Waals surface area contributed by atoms with E-state index in [-0.39, 0.29) is 23.6 Å². The fourth-order valence-electron chi connectivity index (χ4n) is 1.39. The third-order valence-corrected chi connectivity index (χ3v) is 4.00. The Bertz CT molecular complexity index is 468. The fourth-order valence-corrected chi connectivity index (χ4v) is 2.49. The molecule has 0 saturated heterocycles. The number of hydrogen-bond acceptors (Lipinski definition) is 4. The molecule has 0 spiro atoms. The molecule has 0 aliphatic rings. The van der Waals surface area contributed by atoms with Crippen LogP contribution in [-0.2, 0) is 10.0 Å². The first kappa shape index (κ1) is 15.1. The molecule has 0 fully saturated rings. The summed E-state index contributed by atoms with van der Waals surface area (Å²) in [6.07, 6.45) is 3.60. The molecule has 18 heavy (non-hydrogen) atoms. The summed E-state index contributed by atoms with van der Waals surface area (Å²) in [5.74, 6) is 0.0944. The molecule has 1 atom stereocenters. The van der Waals surface area contributed by atoms with Crippen molar-refractivity contribution in [1.82, 2.24) is 14.3 Å². The van der Waals surface area contributed by atoms with Gasteiger partial charge < -0.3 is 9.67 Å². The average Bonchev–Trinajstić information content (AvgIpc) is 2.77. The Labute approximate surface area is 108 Å². The van der Waals surface area contributed by atoms with E-state index in [1.54, 1.807) is 4.57 Å². The lowest BCUT2D eigenvalue weighted by Gasteiger charge is -2.10. The van der Waals surface area contributed by atoms with Gasteiger partial charge in [-0.05, 0) is 26.2 Å². The van der Waals surface area contributed by atoms with Crippen molar-refractivity contribution in [3.8, 4) is 0 Å². The summed E-state index contributed by atoms with van der Waals surface area (Å²) in [6.45, 7) is 6.15. The summed E-state index contributed by atoms with van der Waals surface area (Å²) in [7, 11) is -3.55. The van der Waals surface area contributed by atoms with Crippen LogP contribution in [0.5, 0.6) is 0 Å². The Kier molecular flexibility index (Phi) is 5.30. The average molecular weight is 275 g/mol. The van der Waals surface area contributed by atoms with Crippen molar-refractivity contribution < 1.29 is 13.5 Å². The molecule has 0 aliphatic carbocycles. The monoisotopic (exact) mass is 275 g/mol. The number of aromatic nitrogens is 2. The van der Waals surface area contributed by atoms with E-state index < -0.39 is 10.0 Å². The van der Waals surface area contributed by atoms with Crippen molar-refractivity contribution in [1.29, 1.82) is 0 Å². The number of nitrogens with zero attached hydrogens (tertiary/aromatic N) is 2. The first-order valence-electron chi connectivity index (χ1n) is 6.00. The van der Waals surface area contributed by atoms with Gasteiger partial charge >= 0.3 is 0 Å². The molecule has 1 rings (SSSR count). The molecular formula is C11H21N3O3S. The molecule has 104 valence electrons. The van der Waals surface area contributed by atoms with Crippen molar-refractivity contribution in [3.63, 3.8) is 0 Å². The van der Waals surface area contributed by atoms with Crippen LogP contribution in [0.1, 0.15) is 33.2 Å². The molecule has 0 amide bonds.